The van der Waals surface area contributed by atoms with Crippen molar-refractivity contribution >= 4 is 10.0 Å². The average Bonchev–Trinajstić information content (AvgIpc) is 2.79. The molecule has 1 aliphatic rings. The van der Waals surface area contributed by atoms with Crippen molar-refractivity contribution in [3.63, 3.8) is 0 Å². The molecule has 2 rings (SSSR count). The smallest absolute Gasteiger partial charge is 0.258 e. The third-order valence-electron chi connectivity index (χ3n) is 2.80. The summed E-state index contributed by atoms with van der Waals surface area (Å²) in [6.07, 6.45) is 3.19. The first kappa shape index (κ1) is 13.5. The van der Waals surface area contributed by atoms with Gasteiger partial charge in [0.05, 0.1) is 12.8 Å². The van der Waals surface area contributed by atoms with Crippen LogP contribution >= 0.6 is 0 Å². The van der Waals surface area contributed by atoms with Crippen molar-refractivity contribution in [3.8, 4) is 0 Å². The summed E-state index contributed by atoms with van der Waals surface area (Å²) >= 11 is 0. The van der Waals surface area contributed by atoms with Crippen LogP contribution in [0.25, 0.3) is 0 Å². The molecular formula is C10H18N4O3S. The van der Waals surface area contributed by atoms with Crippen LogP contribution in [0.4, 0.5) is 0 Å². The molecule has 102 valence electrons. The molecular weight excluding hydrogens is 256 g/mol. The van der Waals surface area contributed by atoms with E-state index >= 15 is 0 Å². The van der Waals surface area contributed by atoms with Gasteiger partial charge in [-0.1, -0.05) is 0 Å². The minimum atomic E-state index is -3.56. The van der Waals surface area contributed by atoms with Gasteiger partial charge in [-0.05, 0) is 19.9 Å². The molecule has 0 aromatic carbocycles. The molecule has 1 fully saturated rings. The van der Waals surface area contributed by atoms with Gasteiger partial charge in [-0.15, -0.1) is 0 Å². The summed E-state index contributed by atoms with van der Waals surface area (Å²) < 4.78 is 32.3. The fourth-order valence-electron chi connectivity index (χ4n) is 1.96. The van der Waals surface area contributed by atoms with Gasteiger partial charge in [0, 0.05) is 24.8 Å². The molecule has 0 aliphatic carbocycles. The van der Waals surface area contributed by atoms with Crippen LogP contribution in [0, 0.1) is 0 Å². The van der Waals surface area contributed by atoms with Crippen LogP contribution in [0.2, 0.25) is 0 Å². The number of aromatic amines is 1. The molecule has 0 spiro atoms. The summed E-state index contributed by atoms with van der Waals surface area (Å²) in [4.78, 5) is 0. The maximum absolute atomic E-state index is 12.2. The number of H-pyrrole nitrogens is 1. The number of aromatic nitrogens is 2. The van der Waals surface area contributed by atoms with Crippen LogP contribution < -0.4 is 10.0 Å². The van der Waals surface area contributed by atoms with E-state index in [2.05, 4.69) is 20.2 Å². The normalized spacial score (nSPS) is 21.1. The van der Waals surface area contributed by atoms with E-state index in [-0.39, 0.29) is 11.1 Å². The fourth-order valence-corrected chi connectivity index (χ4v) is 3.35. The minimum Gasteiger partial charge on any atom is -0.380 e. The molecule has 1 atom stereocenters. The van der Waals surface area contributed by atoms with Crippen LogP contribution in [0.5, 0.6) is 0 Å². The molecule has 8 heteroatoms. The highest BCUT2D eigenvalue weighted by atomic mass is 32.2. The highest BCUT2D eigenvalue weighted by Crippen LogP contribution is 2.14. The van der Waals surface area contributed by atoms with E-state index in [0.29, 0.717) is 25.3 Å². The van der Waals surface area contributed by atoms with Gasteiger partial charge in [0.1, 0.15) is 0 Å². The van der Waals surface area contributed by atoms with Crippen molar-refractivity contribution in [2.75, 3.05) is 20.3 Å². The van der Waals surface area contributed by atoms with E-state index in [9.17, 15) is 8.42 Å². The Morgan fingerprint density at radius 1 is 1.61 bits per heavy atom. The van der Waals surface area contributed by atoms with E-state index in [1.807, 2.05) is 0 Å². The molecule has 0 amide bonds. The predicted octanol–water partition coefficient (Wildman–Crippen LogP) is -0.414. The fraction of sp³-hybridized carbons (Fsp3) is 0.700. The minimum absolute atomic E-state index is 0.127. The maximum atomic E-state index is 12.2. The van der Waals surface area contributed by atoms with Gasteiger partial charge in [-0.25, -0.2) is 13.1 Å². The summed E-state index contributed by atoms with van der Waals surface area (Å²) in [7, 11) is -1.80. The standard InChI is InChI=1S/C10H18N4O3S/c1-11-5-8-6-12-13-10(8)18(15,16)14-9-3-2-4-17-7-9/h6,9,11,14H,2-5,7H2,1H3,(H,12,13). The van der Waals surface area contributed by atoms with Gasteiger partial charge < -0.3 is 10.1 Å². The van der Waals surface area contributed by atoms with Crippen molar-refractivity contribution in [2.45, 2.75) is 30.5 Å². The van der Waals surface area contributed by atoms with E-state index < -0.39 is 10.0 Å². The highest BCUT2D eigenvalue weighted by molar-refractivity contribution is 7.89. The lowest BCUT2D eigenvalue weighted by Gasteiger charge is -2.22. The Balaban J connectivity index is 2.11. The second-order valence-electron chi connectivity index (χ2n) is 4.29. The highest BCUT2D eigenvalue weighted by Gasteiger charge is 2.25. The van der Waals surface area contributed by atoms with Crippen LogP contribution in [-0.2, 0) is 21.3 Å². The van der Waals surface area contributed by atoms with Crippen molar-refractivity contribution in [2.24, 2.45) is 0 Å². The molecule has 0 saturated carbocycles. The molecule has 0 bridgehead atoms. The third kappa shape index (κ3) is 3.08. The SMILES string of the molecule is CNCc1cn[nH]c1S(=O)(=O)NC1CCCOC1. The topological polar surface area (TPSA) is 96.1 Å². The first-order valence-corrected chi connectivity index (χ1v) is 7.38. The van der Waals surface area contributed by atoms with Crippen LogP contribution in [0.15, 0.2) is 11.2 Å². The second-order valence-corrected chi connectivity index (χ2v) is 5.94. The molecule has 7 nitrogen and oxygen atoms in total. The average molecular weight is 274 g/mol. The van der Waals surface area contributed by atoms with Crippen molar-refractivity contribution in [3.05, 3.63) is 11.8 Å². The monoisotopic (exact) mass is 274 g/mol. The molecule has 1 aromatic heterocycles. The van der Waals surface area contributed by atoms with E-state index in [4.69, 9.17) is 4.74 Å². The van der Waals surface area contributed by atoms with Gasteiger partial charge in [-0.2, -0.15) is 5.10 Å². The van der Waals surface area contributed by atoms with Crippen LogP contribution in [0.3, 0.4) is 0 Å². The largest absolute Gasteiger partial charge is 0.380 e. The summed E-state index contributed by atoms with van der Waals surface area (Å²) in [5.41, 5.74) is 0.627. The van der Waals surface area contributed by atoms with Gasteiger partial charge >= 0.3 is 0 Å². The lowest BCUT2D eigenvalue weighted by atomic mass is 10.1. The van der Waals surface area contributed by atoms with Gasteiger partial charge in [0.15, 0.2) is 5.03 Å². The summed E-state index contributed by atoms with van der Waals surface area (Å²) in [5.74, 6) is 0. The van der Waals surface area contributed by atoms with Gasteiger partial charge in [0.2, 0.25) is 0 Å². The number of ether oxygens (including phenoxy) is 1. The summed E-state index contributed by atoms with van der Waals surface area (Å²) in [6.45, 7) is 1.58. The van der Waals surface area contributed by atoms with Crippen molar-refractivity contribution in [1.29, 1.82) is 0 Å². The molecule has 1 saturated heterocycles. The first-order chi connectivity index (χ1) is 8.63. The zero-order valence-corrected chi connectivity index (χ0v) is 11.1. The number of nitrogens with one attached hydrogen (secondary N) is 3. The Bertz CT molecular complexity index is 479. The van der Waals surface area contributed by atoms with Crippen LogP contribution in [-0.4, -0.2) is 44.9 Å². The third-order valence-corrected chi connectivity index (χ3v) is 4.33. The Labute approximate surface area is 106 Å². The number of hydrogen-bond acceptors (Lipinski definition) is 5. The molecule has 1 unspecified atom stereocenters. The van der Waals surface area contributed by atoms with Crippen LogP contribution in [0.1, 0.15) is 18.4 Å². The molecule has 2 heterocycles. The van der Waals surface area contributed by atoms with Crippen molar-refractivity contribution in [1.82, 2.24) is 20.2 Å². The Morgan fingerprint density at radius 3 is 3.11 bits per heavy atom. The maximum Gasteiger partial charge on any atom is 0.258 e. The van der Waals surface area contributed by atoms with Gasteiger partial charge in [-0.3, -0.25) is 5.10 Å². The number of rotatable bonds is 5. The Kier molecular flexibility index (Phi) is 4.33. The molecule has 1 aliphatic heterocycles. The Hall–Kier alpha value is -0.960. The lowest BCUT2D eigenvalue weighted by Crippen LogP contribution is -2.41. The zero-order valence-electron chi connectivity index (χ0n) is 10.3. The quantitative estimate of drug-likeness (QED) is 0.678. The van der Waals surface area contributed by atoms with E-state index in [0.717, 1.165) is 12.8 Å². The molecule has 18 heavy (non-hydrogen) atoms. The van der Waals surface area contributed by atoms with E-state index in [1.165, 1.54) is 6.20 Å². The molecule has 1 aromatic rings. The predicted molar refractivity (Wildman–Crippen MR) is 65.5 cm³/mol. The number of nitrogens with zero attached hydrogens (tertiary/aromatic N) is 1. The zero-order chi connectivity index (χ0) is 13.0. The second kappa shape index (κ2) is 5.79. The first-order valence-electron chi connectivity index (χ1n) is 5.90. The lowest BCUT2D eigenvalue weighted by molar-refractivity contribution is 0.0774. The van der Waals surface area contributed by atoms with Crippen molar-refractivity contribution < 1.29 is 13.2 Å². The van der Waals surface area contributed by atoms with Gasteiger partial charge in [0.25, 0.3) is 10.0 Å². The summed E-state index contributed by atoms with van der Waals surface area (Å²) in [5, 5.41) is 9.36. The number of sulfonamides is 1. The molecule has 0 radical (unpaired) electrons. The summed E-state index contributed by atoms with van der Waals surface area (Å²) in [6, 6.07) is -0.158. The van der Waals surface area contributed by atoms with E-state index in [1.54, 1.807) is 7.05 Å². The number of hydrogen-bond donors (Lipinski definition) is 3. The molecule has 3 N–H and O–H groups in total. The Morgan fingerprint density at radius 2 is 2.44 bits per heavy atom.